The maximum atomic E-state index is 12.9. The minimum absolute atomic E-state index is 0.248. The van der Waals surface area contributed by atoms with Crippen LogP contribution < -0.4 is 10.1 Å². The minimum atomic E-state index is -0.387. The van der Waals surface area contributed by atoms with E-state index in [2.05, 4.69) is 19.2 Å². The Kier molecular flexibility index (Phi) is 5.04. The highest BCUT2D eigenvalue weighted by Crippen LogP contribution is 2.25. The number of benzene rings is 1. The Bertz CT molecular complexity index is 569. The molecule has 3 nitrogen and oxygen atoms in total. The average molecular weight is 298 g/mol. The van der Waals surface area contributed by atoms with E-state index in [4.69, 9.17) is 20.8 Å². The first-order valence-electron chi connectivity index (χ1n) is 6.42. The molecule has 0 atom stereocenters. The van der Waals surface area contributed by atoms with Gasteiger partial charge in [-0.15, -0.1) is 0 Å². The molecular formula is C15H17ClFNO2. The van der Waals surface area contributed by atoms with Gasteiger partial charge in [0.1, 0.15) is 23.9 Å². The zero-order valence-corrected chi connectivity index (χ0v) is 12.2. The highest BCUT2D eigenvalue weighted by Gasteiger charge is 2.06. The van der Waals surface area contributed by atoms with Crippen molar-refractivity contribution in [1.29, 1.82) is 0 Å². The van der Waals surface area contributed by atoms with Crippen LogP contribution in [0.25, 0.3) is 0 Å². The van der Waals surface area contributed by atoms with Crippen LogP contribution in [0.2, 0.25) is 5.02 Å². The summed E-state index contributed by atoms with van der Waals surface area (Å²) in [5, 5.41) is 3.55. The van der Waals surface area contributed by atoms with E-state index >= 15 is 0 Å². The third-order valence-corrected chi connectivity index (χ3v) is 2.98. The van der Waals surface area contributed by atoms with E-state index in [1.54, 1.807) is 6.26 Å². The molecule has 0 saturated heterocycles. The van der Waals surface area contributed by atoms with Crippen molar-refractivity contribution in [3.05, 3.63) is 52.7 Å². The molecule has 1 N–H and O–H groups in total. The summed E-state index contributed by atoms with van der Waals surface area (Å²) in [5.74, 6) is 0.750. The number of hydrogen-bond acceptors (Lipinski definition) is 3. The van der Waals surface area contributed by atoms with Gasteiger partial charge in [-0.1, -0.05) is 25.4 Å². The van der Waals surface area contributed by atoms with Crippen molar-refractivity contribution >= 4 is 11.6 Å². The number of halogens is 2. The third-order valence-electron chi connectivity index (χ3n) is 2.69. The zero-order valence-electron chi connectivity index (χ0n) is 11.5. The van der Waals surface area contributed by atoms with Crippen molar-refractivity contribution < 1.29 is 13.5 Å². The molecule has 0 amide bonds. The minimum Gasteiger partial charge on any atom is -0.484 e. The molecule has 5 heteroatoms. The van der Waals surface area contributed by atoms with E-state index < -0.39 is 0 Å². The van der Waals surface area contributed by atoms with Gasteiger partial charge in [0.25, 0.3) is 0 Å². The SMILES string of the molecule is CC(C)NCc1coc(COc2ccc(F)cc2Cl)c1. The number of ether oxygens (including phenoxy) is 1. The molecule has 0 unspecified atom stereocenters. The molecule has 0 radical (unpaired) electrons. The van der Waals surface area contributed by atoms with Gasteiger partial charge in [0.2, 0.25) is 0 Å². The number of furan rings is 1. The second kappa shape index (κ2) is 6.77. The lowest BCUT2D eigenvalue weighted by Crippen LogP contribution is -2.21. The van der Waals surface area contributed by atoms with Gasteiger partial charge in [0, 0.05) is 18.2 Å². The van der Waals surface area contributed by atoms with Crippen LogP contribution >= 0.6 is 11.6 Å². The molecule has 2 rings (SSSR count). The highest BCUT2D eigenvalue weighted by atomic mass is 35.5. The second-order valence-corrected chi connectivity index (χ2v) is 5.23. The smallest absolute Gasteiger partial charge is 0.146 e. The molecule has 20 heavy (non-hydrogen) atoms. The lowest BCUT2D eigenvalue weighted by Gasteiger charge is -2.06. The van der Waals surface area contributed by atoms with Gasteiger partial charge in [0.15, 0.2) is 0 Å². The molecule has 0 spiro atoms. The summed E-state index contributed by atoms with van der Waals surface area (Å²) in [7, 11) is 0. The average Bonchev–Trinajstić information content (AvgIpc) is 2.83. The van der Waals surface area contributed by atoms with E-state index in [-0.39, 0.29) is 17.4 Å². The van der Waals surface area contributed by atoms with E-state index in [1.165, 1.54) is 18.2 Å². The van der Waals surface area contributed by atoms with Crippen molar-refractivity contribution in [2.45, 2.75) is 33.0 Å². The van der Waals surface area contributed by atoms with Crippen LogP contribution in [0.4, 0.5) is 4.39 Å². The molecule has 0 aliphatic rings. The van der Waals surface area contributed by atoms with Crippen LogP contribution in [0, 0.1) is 5.82 Å². The Morgan fingerprint density at radius 2 is 2.15 bits per heavy atom. The van der Waals surface area contributed by atoms with Gasteiger partial charge in [0.05, 0.1) is 11.3 Å². The molecule has 108 valence electrons. The first-order chi connectivity index (χ1) is 9.54. The van der Waals surface area contributed by atoms with Gasteiger partial charge >= 0.3 is 0 Å². The maximum absolute atomic E-state index is 12.9. The van der Waals surface area contributed by atoms with Crippen LogP contribution in [0.3, 0.4) is 0 Å². The third kappa shape index (κ3) is 4.25. The quantitative estimate of drug-likeness (QED) is 0.870. The molecule has 0 aliphatic heterocycles. The summed E-state index contributed by atoms with van der Waals surface area (Å²) < 4.78 is 23.8. The Morgan fingerprint density at radius 3 is 2.85 bits per heavy atom. The van der Waals surface area contributed by atoms with E-state index in [0.717, 1.165) is 12.1 Å². The number of rotatable bonds is 6. The Hall–Kier alpha value is -1.52. The van der Waals surface area contributed by atoms with Crippen molar-refractivity contribution in [2.75, 3.05) is 0 Å². The molecule has 0 fully saturated rings. The van der Waals surface area contributed by atoms with Crippen molar-refractivity contribution in [1.82, 2.24) is 5.32 Å². The molecule has 0 saturated carbocycles. The Labute approximate surface area is 122 Å². The summed E-state index contributed by atoms with van der Waals surface area (Å²) in [5.41, 5.74) is 1.06. The topological polar surface area (TPSA) is 34.4 Å². The van der Waals surface area contributed by atoms with Gasteiger partial charge in [-0.05, 0) is 24.3 Å². The monoisotopic (exact) mass is 297 g/mol. The van der Waals surface area contributed by atoms with Gasteiger partial charge in [-0.25, -0.2) is 4.39 Å². The standard InChI is InChI=1S/C15H17ClFNO2/c1-10(2)18-7-11-5-13(19-8-11)9-20-15-4-3-12(17)6-14(15)16/h3-6,8,10,18H,7,9H2,1-2H3. The first kappa shape index (κ1) is 14.9. The maximum Gasteiger partial charge on any atom is 0.146 e. The van der Waals surface area contributed by atoms with Crippen LogP contribution in [-0.2, 0) is 13.2 Å². The molecule has 2 aromatic rings. The summed E-state index contributed by atoms with van der Waals surface area (Å²) in [6.45, 7) is 5.17. The van der Waals surface area contributed by atoms with E-state index in [0.29, 0.717) is 17.6 Å². The van der Waals surface area contributed by atoms with E-state index in [1.807, 2.05) is 6.07 Å². The Morgan fingerprint density at radius 1 is 1.35 bits per heavy atom. The van der Waals surface area contributed by atoms with Crippen LogP contribution in [0.15, 0.2) is 34.9 Å². The summed E-state index contributed by atoms with van der Waals surface area (Å²) >= 11 is 5.88. The van der Waals surface area contributed by atoms with Crippen LogP contribution in [0.1, 0.15) is 25.2 Å². The predicted molar refractivity (Wildman–Crippen MR) is 76.4 cm³/mol. The first-order valence-corrected chi connectivity index (χ1v) is 6.80. The van der Waals surface area contributed by atoms with Crippen molar-refractivity contribution in [3.8, 4) is 5.75 Å². The Balaban J connectivity index is 1.90. The largest absolute Gasteiger partial charge is 0.484 e. The lowest BCUT2D eigenvalue weighted by molar-refractivity contribution is 0.270. The molecule has 0 aliphatic carbocycles. The number of nitrogens with one attached hydrogen (secondary N) is 1. The summed E-state index contributed by atoms with van der Waals surface area (Å²) in [6.07, 6.45) is 1.69. The molecule has 1 aromatic carbocycles. The fourth-order valence-electron chi connectivity index (χ4n) is 1.66. The molecule has 1 heterocycles. The van der Waals surface area contributed by atoms with Crippen molar-refractivity contribution in [3.63, 3.8) is 0 Å². The lowest BCUT2D eigenvalue weighted by atomic mass is 10.3. The molecular weight excluding hydrogens is 281 g/mol. The number of hydrogen-bond donors (Lipinski definition) is 1. The van der Waals surface area contributed by atoms with Gasteiger partial charge in [-0.3, -0.25) is 0 Å². The van der Waals surface area contributed by atoms with E-state index in [9.17, 15) is 4.39 Å². The normalized spacial score (nSPS) is 11.1. The fourth-order valence-corrected chi connectivity index (χ4v) is 1.88. The molecule has 0 bridgehead atoms. The zero-order chi connectivity index (χ0) is 14.5. The van der Waals surface area contributed by atoms with Gasteiger partial charge in [-0.2, -0.15) is 0 Å². The van der Waals surface area contributed by atoms with Gasteiger partial charge < -0.3 is 14.5 Å². The molecule has 1 aromatic heterocycles. The van der Waals surface area contributed by atoms with Crippen molar-refractivity contribution in [2.24, 2.45) is 0 Å². The highest BCUT2D eigenvalue weighted by molar-refractivity contribution is 6.32. The summed E-state index contributed by atoms with van der Waals surface area (Å²) in [4.78, 5) is 0. The fraction of sp³-hybridized carbons (Fsp3) is 0.333. The van der Waals surface area contributed by atoms with Crippen LogP contribution in [-0.4, -0.2) is 6.04 Å². The summed E-state index contributed by atoms with van der Waals surface area (Å²) in [6, 6.07) is 6.37. The second-order valence-electron chi connectivity index (χ2n) is 4.82. The predicted octanol–water partition coefficient (Wildman–Crippen LogP) is 4.15. The van der Waals surface area contributed by atoms with Crippen LogP contribution in [0.5, 0.6) is 5.75 Å².